The standard InChI is InChI=1S/C17H18ClNO/c1-19-16-14-8-3-2-7-13(14)15(17(16)20)10-11-5-4-6-12(18)9-11/h2-9,15-17,19-20H,10H2,1H3/t15-,16-,17?/m0/s1. The van der Waals surface area contributed by atoms with Gasteiger partial charge in [0.2, 0.25) is 0 Å². The predicted octanol–water partition coefficient (Wildman–Crippen LogP) is 3.30. The Morgan fingerprint density at radius 2 is 1.85 bits per heavy atom. The van der Waals surface area contributed by atoms with Crippen molar-refractivity contribution in [3.05, 3.63) is 70.2 Å². The van der Waals surface area contributed by atoms with Gasteiger partial charge >= 0.3 is 0 Å². The summed E-state index contributed by atoms with van der Waals surface area (Å²) >= 11 is 6.05. The molecule has 3 atom stereocenters. The fourth-order valence-electron chi connectivity index (χ4n) is 3.21. The Bertz CT molecular complexity index is 613. The van der Waals surface area contributed by atoms with Crippen LogP contribution in [0.3, 0.4) is 0 Å². The lowest BCUT2D eigenvalue weighted by molar-refractivity contribution is 0.118. The summed E-state index contributed by atoms with van der Waals surface area (Å²) in [7, 11) is 1.90. The first kappa shape index (κ1) is 13.6. The highest BCUT2D eigenvalue weighted by atomic mass is 35.5. The van der Waals surface area contributed by atoms with Crippen molar-refractivity contribution in [3.63, 3.8) is 0 Å². The number of hydrogen-bond acceptors (Lipinski definition) is 2. The van der Waals surface area contributed by atoms with Gasteiger partial charge in [0.25, 0.3) is 0 Å². The summed E-state index contributed by atoms with van der Waals surface area (Å²) in [6.07, 6.45) is 0.396. The molecule has 104 valence electrons. The molecular weight excluding hydrogens is 270 g/mol. The maximum Gasteiger partial charge on any atom is 0.0806 e. The van der Waals surface area contributed by atoms with Crippen molar-refractivity contribution >= 4 is 11.6 Å². The maximum absolute atomic E-state index is 10.6. The molecule has 2 N–H and O–H groups in total. The molecule has 1 unspecified atom stereocenters. The van der Waals surface area contributed by atoms with Crippen molar-refractivity contribution in [2.45, 2.75) is 24.5 Å². The van der Waals surface area contributed by atoms with Gasteiger partial charge in [-0.3, -0.25) is 0 Å². The second-order valence-electron chi connectivity index (χ2n) is 5.33. The second kappa shape index (κ2) is 5.57. The molecule has 0 radical (unpaired) electrons. The van der Waals surface area contributed by atoms with Gasteiger partial charge in [-0.25, -0.2) is 0 Å². The zero-order valence-electron chi connectivity index (χ0n) is 11.4. The molecule has 3 heteroatoms. The van der Waals surface area contributed by atoms with Crippen molar-refractivity contribution < 1.29 is 5.11 Å². The Morgan fingerprint density at radius 3 is 2.55 bits per heavy atom. The Morgan fingerprint density at radius 1 is 1.10 bits per heavy atom. The minimum atomic E-state index is -0.406. The van der Waals surface area contributed by atoms with Crippen LogP contribution in [0.15, 0.2) is 48.5 Å². The molecule has 0 aromatic heterocycles. The number of hydrogen-bond donors (Lipinski definition) is 2. The lowest BCUT2D eigenvalue weighted by Gasteiger charge is -2.20. The van der Waals surface area contributed by atoms with Crippen LogP contribution < -0.4 is 5.32 Å². The number of aliphatic hydroxyl groups excluding tert-OH is 1. The van der Waals surface area contributed by atoms with E-state index < -0.39 is 6.10 Å². The molecule has 2 nitrogen and oxygen atoms in total. The lowest BCUT2D eigenvalue weighted by atomic mass is 9.92. The van der Waals surface area contributed by atoms with E-state index >= 15 is 0 Å². The summed E-state index contributed by atoms with van der Waals surface area (Å²) < 4.78 is 0. The molecule has 0 fully saturated rings. The molecule has 0 spiro atoms. The van der Waals surface area contributed by atoms with Gasteiger partial charge in [-0.15, -0.1) is 0 Å². The second-order valence-corrected chi connectivity index (χ2v) is 5.76. The minimum Gasteiger partial charge on any atom is -0.390 e. The largest absolute Gasteiger partial charge is 0.390 e. The van der Waals surface area contributed by atoms with E-state index in [1.165, 1.54) is 11.1 Å². The third-order valence-electron chi connectivity index (χ3n) is 4.14. The van der Waals surface area contributed by atoms with Crippen LogP contribution in [-0.4, -0.2) is 18.3 Å². The quantitative estimate of drug-likeness (QED) is 0.908. The number of rotatable bonds is 3. The van der Waals surface area contributed by atoms with Crippen molar-refractivity contribution in [2.75, 3.05) is 7.05 Å². The molecule has 3 rings (SSSR count). The molecule has 1 aliphatic carbocycles. The van der Waals surface area contributed by atoms with Crippen molar-refractivity contribution in [1.29, 1.82) is 0 Å². The third kappa shape index (κ3) is 2.35. The van der Waals surface area contributed by atoms with Crippen molar-refractivity contribution in [2.24, 2.45) is 0 Å². The SMILES string of the molecule is CN[C@H]1c2ccccc2[C@H](Cc2cccc(Cl)c2)C1O. The van der Waals surface area contributed by atoms with Crippen LogP contribution in [0.25, 0.3) is 0 Å². The molecule has 2 aromatic rings. The average Bonchev–Trinajstić information content (AvgIpc) is 2.72. The van der Waals surface area contributed by atoms with E-state index in [4.69, 9.17) is 11.6 Å². The lowest BCUT2D eigenvalue weighted by Crippen LogP contribution is -2.28. The Labute approximate surface area is 124 Å². The minimum absolute atomic E-state index is 0.00961. The van der Waals surface area contributed by atoms with Gasteiger partial charge < -0.3 is 10.4 Å². The fraction of sp³-hybridized carbons (Fsp3) is 0.294. The molecule has 0 bridgehead atoms. The van der Waals surface area contributed by atoms with Gasteiger partial charge in [-0.2, -0.15) is 0 Å². The van der Waals surface area contributed by atoms with Crippen LogP contribution in [0, 0.1) is 0 Å². The van der Waals surface area contributed by atoms with Crippen LogP contribution in [0.1, 0.15) is 28.7 Å². The van der Waals surface area contributed by atoms with E-state index in [1.807, 2.05) is 37.4 Å². The first-order valence-electron chi connectivity index (χ1n) is 6.89. The van der Waals surface area contributed by atoms with Crippen LogP contribution in [0.2, 0.25) is 5.02 Å². The fourth-order valence-corrected chi connectivity index (χ4v) is 3.42. The summed E-state index contributed by atoms with van der Waals surface area (Å²) in [6.45, 7) is 0. The predicted molar refractivity (Wildman–Crippen MR) is 82.1 cm³/mol. The van der Waals surface area contributed by atoms with Gasteiger partial charge in [0.15, 0.2) is 0 Å². The Kier molecular flexibility index (Phi) is 3.79. The first-order valence-corrected chi connectivity index (χ1v) is 7.27. The van der Waals surface area contributed by atoms with E-state index in [0.29, 0.717) is 0 Å². The van der Waals surface area contributed by atoms with E-state index in [2.05, 4.69) is 23.5 Å². The summed E-state index contributed by atoms with van der Waals surface area (Å²) in [6, 6.07) is 16.2. The van der Waals surface area contributed by atoms with Gasteiger partial charge in [-0.1, -0.05) is 48.0 Å². The Hall–Kier alpha value is -1.35. The zero-order valence-corrected chi connectivity index (χ0v) is 12.1. The van der Waals surface area contributed by atoms with Gasteiger partial charge in [-0.05, 0) is 42.3 Å². The van der Waals surface area contributed by atoms with E-state index in [0.717, 1.165) is 17.0 Å². The topological polar surface area (TPSA) is 32.3 Å². The maximum atomic E-state index is 10.6. The van der Waals surface area contributed by atoms with Gasteiger partial charge in [0.05, 0.1) is 12.1 Å². The normalized spacial score (nSPS) is 24.6. The molecule has 2 aromatic carbocycles. The van der Waals surface area contributed by atoms with Crippen LogP contribution in [-0.2, 0) is 6.42 Å². The number of fused-ring (bicyclic) bond motifs is 1. The highest BCUT2D eigenvalue weighted by Crippen LogP contribution is 2.42. The highest BCUT2D eigenvalue weighted by molar-refractivity contribution is 6.30. The van der Waals surface area contributed by atoms with Crippen LogP contribution in [0.5, 0.6) is 0 Å². The van der Waals surface area contributed by atoms with Crippen molar-refractivity contribution in [1.82, 2.24) is 5.32 Å². The molecular formula is C17H18ClNO. The zero-order chi connectivity index (χ0) is 14.1. The highest BCUT2D eigenvalue weighted by Gasteiger charge is 2.38. The summed E-state index contributed by atoms with van der Waals surface area (Å²) in [5, 5.41) is 14.6. The number of halogens is 1. The monoisotopic (exact) mass is 287 g/mol. The Balaban J connectivity index is 1.94. The smallest absolute Gasteiger partial charge is 0.0806 e. The van der Waals surface area contributed by atoms with E-state index in [9.17, 15) is 5.11 Å². The molecule has 0 amide bonds. The van der Waals surface area contributed by atoms with Crippen LogP contribution >= 0.6 is 11.6 Å². The number of likely N-dealkylation sites (N-methyl/N-ethyl adjacent to an activating group) is 1. The molecule has 1 aliphatic rings. The van der Waals surface area contributed by atoms with Crippen molar-refractivity contribution in [3.8, 4) is 0 Å². The van der Waals surface area contributed by atoms with E-state index in [-0.39, 0.29) is 12.0 Å². The molecule has 20 heavy (non-hydrogen) atoms. The number of aliphatic hydroxyl groups is 1. The molecule has 0 saturated heterocycles. The van der Waals surface area contributed by atoms with Gasteiger partial charge in [0, 0.05) is 10.9 Å². The van der Waals surface area contributed by atoms with E-state index in [1.54, 1.807) is 0 Å². The summed E-state index contributed by atoms with van der Waals surface area (Å²) in [5.74, 6) is 0.113. The van der Waals surface area contributed by atoms with Gasteiger partial charge in [0.1, 0.15) is 0 Å². The van der Waals surface area contributed by atoms with Crippen LogP contribution in [0.4, 0.5) is 0 Å². The molecule has 0 saturated carbocycles. The number of nitrogens with one attached hydrogen (secondary N) is 1. The summed E-state index contributed by atoms with van der Waals surface area (Å²) in [4.78, 5) is 0. The number of benzene rings is 2. The molecule has 0 heterocycles. The molecule has 0 aliphatic heterocycles. The average molecular weight is 288 g/mol. The third-order valence-corrected chi connectivity index (χ3v) is 4.38. The first-order chi connectivity index (χ1) is 9.70. The summed E-state index contributed by atoms with van der Waals surface area (Å²) in [5.41, 5.74) is 3.60.